The predicted octanol–water partition coefficient (Wildman–Crippen LogP) is 2.96. The third-order valence-corrected chi connectivity index (χ3v) is 3.50. The van der Waals surface area contributed by atoms with Crippen LogP contribution in [-0.4, -0.2) is 14.7 Å². The van der Waals surface area contributed by atoms with Gasteiger partial charge in [-0.15, -0.1) is 5.10 Å². The van der Waals surface area contributed by atoms with Gasteiger partial charge in [-0.1, -0.05) is 38.1 Å². The lowest BCUT2D eigenvalue weighted by molar-refractivity contribution is 0.147. The first-order valence-corrected chi connectivity index (χ1v) is 6.45. The molecule has 0 aliphatic heterocycles. The first kappa shape index (κ1) is 12.6. The molecule has 2 atom stereocenters. The summed E-state index contributed by atoms with van der Waals surface area (Å²) in [6.45, 7) is 6.41. The zero-order valence-electron chi connectivity index (χ0n) is 9.73. The van der Waals surface area contributed by atoms with E-state index in [1.54, 1.807) is 0 Å². The van der Waals surface area contributed by atoms with Gasteiger partial charge in [-0.2, -0.15) is 0 Å². The molecule has 1 aromatic rings. The van der Waals surface area contributed by atoms with E-state index < -0.39 is 0 Å². The maximum absolute atomic E-state index is 10.0. The van der Waals surface area contributed by atoms with Gasteiger partial charge in [0.2, 0.25) is 0 Å². The number of aryl methyl sites for hydroxylation is 1. The topological polar surface area (TPSA) is 46.0 Å². The first-order chi connectivity index (χ1) is 7.19. The average Bonchev–Trinajstić information content (AvgIpc) is 2.65. The minimum atomic E-state index is -0.374. The Morgan fingerprint density at radius 3 is 2.73 bits per heavy atom. The Kier molecular flexibility index (Phi) is 5.19. The largest absolute Gasteiger partial charge is 0.387 e. The quantitative estimate of drug-likeness (QED) is 0.814. The number of hydrogen-bond acceptors (Lipinski definition) is 4. The van der Waals surface area contributed by atoms with Gasteiger partial charge in [-0.25, -0.2) is 0 Å². The van der Waals surface area contributed by atoms with Gasteiger partial charge in [0.15, 0.2) is 0 Å². The summed E-state index contributed by atoms with van der Waals surface area (Å²) in [6.07, 6.45) is 3.65. The SMILES string of the molecule is CCCC(C)CC(O)c1snnc1CC. The summed E-state index contributed by atoms with van der Waals surface area (Å²) in [5, 5.41) is 14.1. The van der Waals surface area contributed by atoms with Crippen LogP contribution in [0.5, 0.6) is 0 Å². The summed E-state index contributed by atoms with van der Waals surface area (Å²) in [6, 6.07) is 0. The second-order valence-corrected chi connectivity index (χ2v) is 4.87. The van der Waals surface area contributed by atoms with Crippen LogP contribution in [0.15, 0.2) is 0 Å². The van der Waals surface area contributed by atoms with Gasteiger partial charge in [0.05, 0.1) is 16.7 Å². The minimum Gasteiger partial charge on any atom is -0.387 e. The lowest BCUT2D eigenvalue weighted by Gasteiger charge is -2.14. The lowest BCUT2D eigenvalue weighted by atomic mass is 9.97. The molecule has 0 saturated carbocycles. The Morgan fingerprint density at radius 1 is 1.40 bits per heavy atom. The van der Waals surface area contributed by atoms with Crippen molar-refractivity contribution < 1.29 is 5.11 Å². The van der Waals surface area contributed by atoms with E-state index in [4.69, 9.17) is 0 Å². The second-order valence-electron chi connectivity index (χ2n) is 4.08. The van der Waals surface area contributed by atoms with Crippen LogP contribution in [0.1, 0.15) is 56.7 Å². The maximum Gasteiger partial charge on any atom is 0.0919 e. The molecule has 4 heteroatoms. The highest BCUT2D eigenvalue weighted by Crippen LogP contribution is 2.27. The van der Waals surface area contributed by atoms with Crippen LogP contribution in [-0.2, 0) is 6.42 Å². The molecule has 0 aliphatic carbocycles. The van der Waals surface area contributed by atoms with Crippen molar-refractivity contribution in [1.82, 2.24) is 9.59 Å². The highest BCUT2D eigenvalue weighted by atomic mass is 32.1. The number of hydrogen-bond donors (Lipinski definition) is 1. The summed E-state index contributed by atoms with van der Waals surface area (Å²) < 4.78 is 3.90. The summed E-state index contributed by atoms with van der Waals surface area (Å²) in [7, 11) is 0. The van der Waals surface area contributed by atoms with Crippen molar-refractivity contribution in [3.63, 3.8) is 0 Å². The molecule has 2 unspecified atom stereocenters. The third-order valence-electron chi connectivity index (χ3n) is 2.63. The zero-order chi connectivity index (χ0) is 11.3. The summed E-state index contributed by atoms with van der Waals surface area (Å²) >= 11 is 1.33. The smallest absolute Gasteiger partial charge is 0.0919 e. The molecule has 0 saturated heterocycles. The number of aliphatic hydroxyl groups is 1. The number of nitrogens with zero attached hydrogens (tertiary/aromatic N) is 2. The van der Waals surface area contributed by atoms with Crippen molar-refractivity contribution in [3.05, 3.63) is 10.6 Å². The summed E-state index contributed by atoms with van der Waals surface area (Å²) in [5.41, 5.74) is 0.955. The molecule has 0 bridgehead atoms. The van der Waals surface area contributed by atoms with Gasteiger partial charge in [0.1, 0.15) is 0 Å². The van der Waals surface area contributed by atoms with E-state index in [0.717, 1.165) is 23.4 Å². The van der Waals surface area contributed by atoms with Crippen LogP contribution >= 0.6 is 11.5 Å². The van der Waals surface area contributed by atoms with E-state index in [0.29, 0.717) is 5.92 Å². The molecule has 1 aromatic heterocycles. The highest BCUT2D eigenvalue weighted by Gasteiger charge is 2.17. The molecule has 86 valence electrons. The van der Waals surface area contributed by atoms with Crippen LogP contribution in [0.2, 0.25) is 0 Å². The number of aliphatic hydroxyl groups excluding tert-OH is 1. The van der Waals surface area contributed by atoms with Crippen LogP contribution < -0.4 is 0 Å². The molecule has 0 fully saturated rings. The Bertz CT molecular complexity index is 288. The van der Waals surface area contributed by atoms with Gasteiger partial charge in [0.25, 0.3) is 0 Å². The van der Waals surface area contributed by atoms with Gasteiger partial charge >= 0.3 is 0 Å². The van der Waals surface area contributed by atoms with Crippen molar-refractivity contribution in [2.45, 2.75) is 52.6 Å². The molecule has 15 heavy (non-hydrogen) atoms. The van der Waals surface area contributed by atoms with Gasteiger partial charge in [-0.05, 0) is 30.3 Å². The van der Waals surface area contributed by atoms with Crippen molar-refractivity contribution in [2.24, 2.45) is 5.92 Å². The molecular formula is C11H20N2OS. The number of aromatic nitrogens is 2. The molecule has 3 nitrogen and oxygen atoms in total. The van der Waals surface area contributed by atoms with Gasteiger partial charge < -0.3 is 5.11 Å². The fraction of sp³-hybridized carbons (Fsp3) is 0.818. The summed E-state index contributed by atoms with van der Waals surface area (Å²) in [5.74, 6) is 0.566. The monoisotopic (exact) mass is 228 g/mol. The van der Waals surface area contributed by atoms with Crippen LogP contribution in [0.3, 0.4) is 0 Å². The Morgan fingerprint density at radius 2 is 2.13 bits per heavy atom. The van der Waals surface area contributed by atoms with E-state index in [-0.39, 0.29) is 6.10 Å². The lowest BCUT2D eigenvalue weighted by Crippen LogP contribution is -2.05. The maximum atomic E-state index is 10.0. The minimum absolute atomic E-state index is 0.374. The number of rotatable bonds is 6. The van der Waals surface area contributed by atoms with Crippen molar-refractivity contribution in [3.8, 4) is 0 Å². The van der Waals surface area contributed by atoms with E-state index in [1.807, 2.05) is 6.92 Å². The van der Waals surface area contributed by atoms with Crippen molar-refractivity contribution >= 4 is 11.5 Å². The molecule has 0 amide bonds. The summed E-state index contributed by atoms with van der Waals surface area (Å²) in [4.78, 5) is 0.959. The average molecular weight is 228 g/mol. The Hall–Kier alpha value is -0.480. The van der Waals surface area contributed by atoms with Gasteiger partial charge in [-0.3, -0.25) is 0 Å². The van der Waals surface area contributed by atoms with Crippen LogP contribution in [0.25, 0.3) is 0 Å². The molecule has 0 aromatic carbocycles. The molecule has 1 heterocycles. The molecule has 0 aliphatic rings. The van der Waals surface area contributed by atoms with Crippen LogP contribution in [0, 0.1) is 5.92 Å². The highest BCUT2D eigenvalue weighted by molar-refractivity contribution is 7.05. The van der Waals surface area contributed by atoms with E-state index in [9.17, 15) is 5.11 Å². The molecule has 0 radical (unpaired) electrons. The predicted molar refractivity (Wildman–Crippen MR) is 62.9 cm³/mol. The second kappa shape index (κ2) is 6.18. The first-order valence-electron chi connectivity index (χ1n) is 5.68. The molecular weight excluding hydrogens is 208 g/mol. The van der Waals surface area contributed by atoms with E-state index in [1.165, 1.54) is 24.4 Å². The fourth-order valence-corrected chi connectivity index (χ4v) is 2.55. The Balaban J connectivity index is 2.56. The molecule has 1 N–H and O–H groups in total. The van der Waals surface area contributed by atoms with Crippen LogP contribution in [0.4, 0.5) is 0 Å². The van der Waals surface area contributed by atoms with Crippen molar-refractivity contribution in [2.75, 3.05) is 0 Å². The van der Waals surface area contributed by atoms with Gasteiger partial charge in [0, 0.05) is 0 Å². The normalized spacial score (nSPS) is 15.2. The Labute approximate surface area is 95.7 Å². The zero-order valence-corrected chi connectivity index (χ0v) is 10.5. The third kappa shape index (κ3) is 3.54. The van der Waals surface area contributed by atoms with E-state index >= 15 is 0 Å². The van der Waals surface area contributed by atoms with E-state index in [2.05, 4.69) is 23.4 Å². The molecule has 1 rings (SSSR count). The standard InChI is InChI=1S/C11H20N2OS/c1-4-6-8(3)7-10(14)11-9(5-2)12-13-15-11/h8,10,14H,4-7H2,1-3H3. The molecule has 0 spiro atoms. The van der Waals surface area contributed by atoms with Crippen molar-refractivity contribution in [1.29, 1.82) is 0 Å². The fourth-order valence-electron chi connectivity index (χ4n) is 1.81.